The van der Waals surface area contributed by atoms with Crippen LogP contribution < -0.4 is 4.74 Å². The molecule has 0 spiro atoms. The number of ether oxygens (including phenoxy) is 3. The Morgan fingerprint density at radius 3 is 2.41 bits per heavy atom. The predicted molar refractivity (Wildman–Crippen MR) is 85.0 cm³/mol. The van der Waals surface area contributed by atoms with E-state index in [1.807, 2.05) is 0 Å². The molecule has 122 valence electrons. The first kappa shape index (κ1) is 16.8. The third-order valence-corrected chi connectivity index (χ3v) is 4.20. The van der Waals surface area contributed by atoms with Crippen molar-refractivity contribution in [3.63, 3.8) is 0 Å². The fourth-order valence-electron chi connectivity index (χ4n) is 2.98. The van der Waals surface area contributed by atoms with Crippen molar-refractivity contribution in [2.45, 2.75) is 51.6 Å². The van der Waals surface area contributed by atoms with Crippen LogP contribution in [0.2, 0.25) is 0 Å². The summed E-state index contributed by atoms with van der Waals surface area (Å²) in [7, 11) is 1.57. The molecule has 22 heavy (non-hydrogen) atoms. The summed E-state index contributed by atoms with van der Waals surface area (Å²) in [6.45, 7) is 2.43. The van der Waals surface area contributed by atoms with Gasteiger partial charge < -0.3 is 14.2 Å². The Hall–Kier alpha value is -1.55. The van der Waals surface area contributed by atoms with E-state index in [4.69, 9.17) is 14.2 Å². The molecule has 1 aromatic carbocycles. The Balaban J connectivity index is 1.80. The number of hydrogen-bond acceptors (Lipinski definition) is 4. The number of benzene rings is 1. The van der Waals surface area contributed by atoms with Crippen LogP contribution in [-0.4, -0.2) is 26.0 Å². The third kappa shape index (κ3) is 5.02. The molecule has 0 radical (unpaired) electrons. The minimum Gasteiger partial charge on any atom is -0.468 e. The summed E-state index contributed by atoms with van der Waals surface area (Å²) in [4.78, 5) is 12.2. The van der Waals surface area contributed by atoms with E-state index in [1.54, 1.807) is 31.4 Å². The molecule has 1 aliphatic rings. The zero-order valence-corrected chi connectivity index (χ0v) is 13.5. The molecule has 4 heteroatoms. The quantitative estimate of drug-likeness (QED) is 0.560. The largest absolute Gasteiger partial charge is 0.468 e. The van der Waals surface area contributed by atoms with Crippen LogP contribution in [0.1, 0.15) is 55.8 Å². The van der Waals surface area contributed by atoms with Crippen molar-refractivity contribution in [1.29, 1.82) is 0 Å². The summed E-state index contributed by atoms with van der Waals surface area (Å²) in [5, 5.41) is 0. The lowest BCUT2D eigenvalue weighted by Crippen LogP contribution is -2.24. The van der Waals surface area contributed by atoms with E-state index in [1.165, 1.54) is 25.7 Å². The minimum atomic E-state index is -0.239. The highest BCUT2D eigenvalue weighted by atomic mass is 16.7. The third-order valence-electron chi connectivity index (χ3n) is 4.20. The average molecular weight is 306 g/mol. The van der Waals surface area contributed by atoms with E-state index < -0.39 is 0 Å². The van der Waals surface area contributed by atoms with E-state index >= 15 is 0 Å². The second-order valence-corrected chi connectivity index (χ2v) is 5.91. The smallest absolute Gasteiger partial charge is 0.338 e. The second kappa shape index (κ2) is 8.79. The van der Waals surface area contributed by atoms with Crippen LogP contribution in [0.5, 0.6) is 5.75 Å². The summed E-state index contributed by atoms with van der Waals surface area (Å²) < 4.78 is 15.8. The van der Waals surface area contributed by atoms with Crippen LogP contribution in [0.4, 0.5) is 0 Å². The zero-order chi connectivity index (χ0) is 15.8. The number of hydrogen-bond donors (Lipinski definition) is 0. The minimum absolute atomic E-state index is 0.0741. The Labute approximate surface area is 132 Å². The maximum absolute atomic E-state index is 12.2. The molecule has 0 heterocycles. The Bertz CT molecular complexity index is 447. The maximum atomic E-state index is 12.2. The van der Waals surface area contributed by atoms with Gasteiger partial charge in [-0.25, -0.2) is 4.79 Å². The lowest BCUT2D eigenvalue weighted by atomic mass is 9.85. The van der Waals surface area contributed by atoms with E-state index in [-0.39, 0.29) is 18.9 Å². The lowest BCUT2D eigenvalue weighted by Gasteiger charge is -2.28. The Morgan fingerprint density at radius 2 is 1.82 bits per heavy atom. The van der Waals surface area contributed by atoms with Gasteiger partial charge in [0.2, 0.25) is 0 Å². The molecule has 4 nitrogen and oxygen atoms in total. The maximum Gasteiger partial charge on any atom is 0.338 e. The molecule has 2 rings (SSSR count). The van der Waals surface area contributed by atoms with E-state index in [0.29, 0.717) is 11.3 Å². The van der Waals surface area contributed by atoms with Gasteiger partial charge >= 0.3 is 5.97 Å². The fraction of sp³-hybridized carbons (Fsp3) is 0.611. The first-order valence-corrected chi connectivity index (χ1v) is 8.15. The van der Waals surface area contributed by atoms with E-state index in [0.717, 1.165) is 18.8 Å². The van der Waals surface area contributed by atoms with E-state index in [9.17, 15) is 4.79 Å². The normalized spacial score (nSPS) is 21.4. The molecule has 1 aromatic rings. The van der Waals surface area contributed by atoms with Gasteiger partial charge in [-0.15, -0.1) is 0 Å². The van der Waals surface area contributed by atoms with Crippen molar-refractivity contribution in [3.05, 3.63) is 29.8 Å². The molecular weight excluding hydrogens is 280 g/mol. The van der Waals surface area contributed by atoms with Crippen LogP contribution in [-0.2, 0) is 9.47 Å². The topological polar surface area (TPSA) is 44.8 Å². The summed E-state index contributed by atoms with van der Waals surface area (Å²) in [5.41, 5.74) is 0.570. The van der Waals surface area contributed by atoms with Crippen molar-refractivity contribution in [2.24, 2.45) is 5.92 Å². The van der Waals surface area contributed by atoms with Gasteiger partial charge in [-0.1, -0.05) is 19.8 Å². The van der Waals surface area contributed by atoms with Gasteiger partial charge in [0.1, 0.15) is 11.9 Å². The van der Waals surface area contributed by atoms with Crippen LogP contribution >= 0.6 is 0 Å². The molecule has 0 saturated heterocycles. The fourth-order valence-corrected chi connectivity index (χ4v) is 2.98. The Morgan fingerprint density at radius 1 is 1.14 bits per heavy atom. The number of esters is 1. The molecule has 1 saturated carbocycles. The van der Waals surface area contributed by atoms with Gasteiger partial charge in [0.25, 0.3) is 0 Å². The molecule has 0 unspecified atom stereocenters. The highest BCUT2D eigenvalue weighted by molar-refractivity contribution is 5.89. The Kier molecular flexibility index (Phi) is 6.72. The van der Waals surface area contributed by atoms with Crippen LogP contribution in [0.15, 0.2) is 24.3 Å². The van der Waals surface area contributed by atoms with Crippen molar-refractivity contribution in [1.82, 2.24) is 0 Å². The molecule has 0 aliphatic heterocycles. The molecule has 1 fully saturated rings. The predicted octanol–water partition coefficient (Wildman–Crippen LogP) is 4.19. The first-order valence-electron chi connectivity index (χ1n) is 8.15. The van der Waals surface area contributed by atoms with Crippen LogP contribution in [0.3, 0.4) is 0 Å². The number of carbonyl (C=O) groups is 1. The van der Waals surface area contributed by atoms with Crippen molar-refractivity contribution in [2.75, 3.05) is 13.9 Å². The van der Waals surface area contributed by atoms with Gasteiger partial charge in [0.15, 0.2) is 6.79 Å². The average Bonchev–Trinajstić information content (AvgIpc) is 2.55. The van der Waals surface area contributed by atoms with Gasteiger partial charge in [-0.3, -0.25) is 0 Å². The summed E-state index contributed by atoms with van der Waals surface area (Å²) in [5.74, 6) is 1.26. The summed E-state index contributed by atoms with van der Waals surface area (Å²) in [6, 6.07) is 6.98. The molecule has 0 atom stereocenters. The standard InChI is InChI=1S/C18H26O4/c1-3-4-14-5-9-17(10-6-14)22-18(19)15-7-11-16(12-8-15)21-13-20-2/h7-8,11-12,14,17H,3-6,9-10,13H2,1-2H3. The molecular formula is C18H26O4. The zero-order valence-electron chi connectivity index (χ0n) is 13.5. The van der Waals surface area contributed by atoms with Crippen LogP contribution in [0.25, 0.3) is 0 Å². The van der Waals surface area contributed by atoms with Crippen molar-refractivity contribution >= 4 is 5.97 Å². The van der Waals surface area contributed by atoms with Gasteiger partial charge in [0.05, 0.1) is 5.56 Å². The molecule has 0 aromatic heterocycles. The molecule has 0 bridgehead atoms. The number of carbonyl (C=O) groups excluding carboxylic acids is 1. The monoisotopic (exact) mass is 306 g/mol. The second-order valence-electron chi connectivity index (χ2n) is 5.91. The lowest BCUT2D eigenvalue weighted by molar-refractivity contribution is 0.0161. The highest BCUT2D eigenvalue weighted by Gasteiger charge is 2.23. The van der Waals surface area contributed by atoms with Gasteiger partial charge in [0, 0.05) is 7.11 Å². The van der Waals surface area contributed by atoms with Crippen LogP contribution in [0, 0.1) is 5.92 Å². The highest BCUT2D eigenvalue weighted by Crippen LogP contribution is 2.29. The number of methoxy groups -OCH3 is 1. The van der Waals surface area contributed by atoms with E-state index in [2.05, 4.69) is 6.92 Å². The molecule has 0 N–H and O–H groups in total. The molecule has 1 aliphatic carbocycles. The molecule has 0 amide bonds. The van der Waals surface area contributed by atoms with Gasteiger partial charge in [-0.05, 0) is 55.9 Å². The SMILES string of the molecule is CCCC1CCC(OC(=O)c2ccc(OCOC)cc2)CC1. The van der Waals surface area contributed by atoms with Gasteiger partial charge in [-0.2, -0.15) is 0 Å². The number of rotatable bonds is 7. The van der Waals surface area contributed by atoms with Crippen molar-refractivity contribution in [3.8, 4) is 5.75 Å². The first-order chi connectivity index (χ1) is 10.7. The van der Waals surface area contributed by atoms with Crippen molar-refractivity contribution < 1.29 is 19.0 Å². The summed E-state index contributed by atoms with van der Waals surface area (Å²) >= 11 is 0. The summed E-state index contributed by atoms with van der Waals surface area (Å²) in [6.07, 6.45) is 6.95.